The fraction of sp³-hybridized carbons (Fsp3) is 0.0588. The molecule has 1 aliphatic rings. The van der Waals surface area contributed by atoms with E-state index in [4.69, 9.17) is 0 Å². The van der Waals surface area contributed by atoms with Crippen LogP contribution >= 0.6 is 27.7 Å². The Morgan fingerprint density at radius 3 is 2.65 bits per heavy atom. The molecule has 0 atom stereocenters. The van der Waals surface area contributed by atoms with E-state index < -0.39 is 11.7 Å². The summed E-state index contributed by atoms with van der Waals surface area (Å²) in [6, 6.07) is 13.5. The van der Waals surface area contributed by atoms with Gasteiger partial charge in [0, 0.05) is 10.0 Å². The first-order chi connectivity index (χ1) is 11.0. The molecule has 0 radical (unpaired) electrons. The van der Waals surface area contributed by atoms with Gasteiger partial charge in [0.05, 0.1) is 11.4 Å². The van der Waals surface area contributed by atoms with E-state index in [0.717, 1.165) is 26.7 Å². The zero-order chi connectivity index (χ0) is 16.4. The lowest BCUT2D eigenvalue weighted by molar-refractivity contribution is -0.123. The van der Waals surface area contributed by atoms with Crippen molar-refractivity contribution < 1.29 is 14.0 Å². The van der Waals surface area contributed by atoms with Gasteiger partial charge in [-0.2, -0.15) is 0 Å². The molecule has 116 valence electrons. The van der Waals surface area contributed by atoms with Crippen molar-refractivity contribution in [3.05, 3.63) is 74.9 Å². The molecule has 2 aromatic rings. The van der Waals surface area contributed by atoms with Gasteiger partial charge in [-0.3, -0.25) is 14.5 Å². The normalized spacial score (nSPS) is 16.4. The molecule has 23 heavy (non-hydrogen) atoms. The monoisotopic (exact) mass is 391 g/mol. The zero-order valence-electron chi connectivity index (χ0n) is 11.8. The minimum Gasteiger partial charge on any atom is -0.268 e. The molecule has 0 bridgehead atoms. The molecule has 2 aromatic carbocycles. The molecule has 0 N–H and O–H groups in total. The molecule has 0 aliphatic carbocycles. The minimum atomic E-state index is -0.428. The number of hydrogen-bond donors (Lipinski definition) is 0. The van der Waals surface area contributed by atoms with Crippen LogP contribution in [0.1, 0.15) is 11.1 Å². The number of amides is 2. The largest absolute Gasteiger partial charge is 0.293 e. The van der Waals surface area contributed by atoms with E-state index in [9.17, 15) is 14.0 Å². The van der Waals surface area contributed by atoms with Crippen molar-refractivity contribution in [3.63, 3.8) is 0 Å². The maximum absolute atomic E-state index is 13.7. The number of nitrogens with zero attached hydrogens (tertiary/aromatic N) is 1. The number of halogens is 2. The van der Waals surface area contributed by atoms with Gasteiger partial charge in [-0.25, -0.2) is 4.39 Å². The quantitative estimate of drug-likeness (QED) is 0.703. The van der Waals surface area contributed by atoms with Crippen LogP contribution < -0.4 is 0 Å². The molecule has 2 amide bonds. The van der Waals surface area contributed by atoms with Crippen LogP contribution in [0.2, 0.25) is 0 Å². The third kappa shape index (κ3) is 3.54. The molecule has 0 unspecified atom stereocenters. The Kier molecular flexibility index (Phi) is 4.63. The second-order valence-corrected chi connectivity index (χ2v) is 6.82. The molecule has 3 rings (SSSR count). The highest BCUT2D eigenvalue weighted by Gasteiger charge is 2.35. The second-order valence-electron chi connectivity index (χ2n) is 4.91. The number of thioether (sulfide) groups is 1. The fourth-order valence-corrected chi connectivity index (χ4v) is 3.44. The molecule has 1 heterocycles. The van der Waals surface area contributed by atoms with Crippen LogP contribution in [0.15, 0.2) is 57.9 Å². The van der Waals surface area contributed by atoms with E-state index >= 15 is 0 Å². The number of carbonyl (C=O) groups excluding carboxylic acids is 2. The van der Waals surface area contributed by atoms with Crippen molar-refractivity contribution in [2.45, 2.75) is 6.54 Å². The van der Waals surface area contributed by atoms with Gasteiger partial charge in [-0.15, -0.1) is 0 Å². The standard InChI is InChI=1S/C17H11BrFNO2S/c18-13-6-3-4-11(8-13)9-15-16(21)20(17(22)23-15)10-12-5-1-2-7-14(12)19/h1-9H,10H2/b15-9-. The van der Waals surface area contributed by atoms with Crippen LogP contribution in [0.4, 0.5) is 9.18 Å². The first-order valence-electron chi connectivity index (χ1n) is 6.79. The van der Waals surface area contributed by atoms with E-state index in [2.05, 4.69) is 15.9 Å². The lowest BCUT2D eigenvalue weighted by Gasteiger charge is -2.12. The van der Waals surface area contributed by atoms with Gasteiger partial charge >= 0.3 is 0 Å². The summed E-state index contributed by atoms with van der Waals surface area (Å²) >= 11 is 4.23. The van der Waals surface area contributed by atoms with E-state index in [1.165, 1.54) is 6.07 Å². The van der Waals surface area contributed by atoms with Crippen molar-refractivity contribution in [1.82, 2.24) is 4.90 Å². The van der Waals surface area contributed by atoms with Crippen molar-refractivity contribution >= 4 is 44.9 Å². The second kappa shape index (κ2) is 6.68. The van der Waals surface area contributed by atoms with Crippen LogP contribution in [0, 0.1) is 5.82 Å². The Hall–Kier alpha value is -1.92. The van der Waals surface area contributed by atoms with Gasteiger partial charge in [0.15, 0.2) is 0 Å². The summed E-state index contributed by atoms with van der Waals surface area (Å²) in [7, 11) is 0. The van der Waals surface area contributed by atoms with Crippen LogP contribution in [0.5, 0.6) is 0 Å². The highest BCUT2D eigenvalue weighted by molar-refractivity contribution is 9.10. The minimum absolute atomic E-state index is 0.0623. The molecule has 3 nitrogen and oxygen atoms in total. The molecule has 0 aromatic heterocycles. The van der Waals surface area contributed by atoms with E-state index in [0.29, 0.717) is 10.5 Å². The number of carbonyl (C=O) groups is 2. The van der Waals surface area contributed by atoms with Gasteiger partial charge < -0.3 is 0 Å². The van der Waals surface area contributed by atoms with Crippen molar-refractivity contribution in [2.24, 2.45) is 0 Å². The Bertz CT molecular complexity index is 822. The maximum atomic E-state index is 13.7. The Morgan fingerprint density at radius 1 is 1.13 bits per heavy atom. The lowest BCUT2D eigenvalue weighted by Crippen LogP contribution is -2.27. The molecular formula is C17H11BrFNO2S. The predicted molar refractivity (Wildman–Crippen MR) is 92.1 cm³/mol. The molecule has 1 saturated heterocycles. The van der Waals surface area contributed by atoms with Gasteiger partial charge in [0.1, 0.15) is 5.82 Å². The average molecular weight is 392 g/mol. The fourth-order valence-electron chi connectivity index (χ4n) is 2.18. The first kappa shape index (κ1) is 16.0. The Labute approximate surface area is 145 Å². The number of imide groups is 1. The summed E-state index contributed by atoms with van der Waals surface area (Å²) in [6.45, 7) is -0.0623. The van der Waals surface area contributed by atoms with Crippen LogP contribution in [-0.2, 0) is 11.3 Å². The van der Waals surface area contributed by atoms with Crippen LogP contribution in [0.25, 0.3) is 6.08 Å². The number of hydrogen-bond acceptors (Lipinski definition) is 3. The summed E-state index contributed by atoms with van der Waals surface area (Å²) in [6.07, 6.45) is 1.66. The summed E-state index contributed by atoms with van der Waals surface area (Å²) in [4.78, 5) is 25.9. The predicted octanol–water partition coefficient (Wildman–Crippen LogP) is 4.82. The SMILES string of the molecule is O=C1S/C(=C\c2cccc(Br)c2)C(=O)N1Cc1ccccc1F. The van der Waals surface area contributed by atoms with Crippen LogP contribution in [-0.4, -0.2) is 16.0 Å². The topological polar surface area (TPSA) is 37.4 Å². The third-order valence-corrected chi connectivity index (χ3v) is 4.71. The van der Waals surface area contributed by atoms with E-state index in [1.807, 2.05) is 24.3 Å². The number of benzene rings is 2. The average Bonchev–Trinajstić information content (AvgIpc) is 2.77. The Balaban J connectivity index is 1.84. The highest BCUT2D eigenvalue weighted by atomic mass is 79.9. The maximum Gasteiger partial charge on any atom is 0.293 e. The molecule has 1 aliphatic heterocycles. The third-order valence-electron chi connectivity index (χ3n) is 3.31. The molecular weight excluding hydrogens is 381 g/mol. The molecule has 0 spiro atoms. The molecule has 1 fully saturated rings. The smallest absolute Gasteiger partial charge is 0.268 e. The lowest BCUT2D eigenvalue weighted by atomic mass is 10.2. The van der Waals surface area contributed by atoms with Gasteiger partial charge in [0.25, 0.3) is 11.1 Å². The van der Waals surface area contributed by atoms with Gasteiger partial charge in [-0.05, 0) is 41.6 Å². The van der Waals surface area contributed by atoms with Gasteiger partial charge in [-0.1, -0.05) is 46.3 Å². The van der Waals surface area contributed by atoms with Crippen LogP contribution in [0.3, 0.4) is 0 Å². The number of rotatable bonds is 3. The summed E-state index contributed by atoms with van der Waals surface area (Å²) in [5, 5.41) is -0.389. The summed E-state index contributed by atoms with van der Waals surface area (Å²) in [5.74, 6) is -0.828. The summed E-state index contributed by atoms with van der Waals surface area (Å²) < 4.78 is 14.6. The zero-order valence-corrected chi connectivity index (χ0v) is 14.2. The Morgan fingerprint density at radius 2 is 1.91 bits per heavy atom. The summed E-state index contributed by atoms with van der Waals surface area (Å²) in [5.41, 5.74) is 1.13. The molecule has 6 heteroatoms. The van der Waals surface area contributed by atoms with E-state index in [1.54, 1.807) is 24.3 Å². The van der Waals surface area contributed by atoms with Gasteiger partial charge in [0.2, 0.25) is 0 Å². The van der Waals surface area contributed by atoms with E-state index in [-0.39, 0.29) is 11.8 Å². The highest BCUT2D eigenvalue weighted by Crippen LogP contribution is 2.33. The van der Waals surface area contributed by atoms with Crippen molar-refractivity contribution in [2.75, 3.05) is 0 Å². The first-order valence-corrected chi connectivity index (χ1v) is 8.40. The van der Waals surface area contributed by atoms with Crippen molar-refractivity contribution in [1.29, 1.82) is 0 Å². The molecule has 0 saturated carbocycles. The van der Waals surface area contributed by atoms with Crippen molar-refractivity contribution in [3.8, 4) is 0 Å².